The molecule has 0 atom stereocenters. The smallest absolute Gasteiger partial charge is 0.254 e. The molecule has 0 amide bonds. The summed E-state index contributed by atoms with van der Waals surface area (Å²) in [5.41, 5.74) is 1.21. The second-order valence-corrected chi connectivity index (χ2v) is 5.16. The quantitative estimate of drug-likeness (QED) is 0.701. The zero-order chi connectivity index (χ0) is 16.9. The van der Waals surface area contributed by atoms with E-state index < -0.39 is 0 Å². The van der Waals surface area contributed by atoms with Gasteiger partial charge in [0.05, 0.1) is 23.8 Å². The van der Waals surface area contributed by atoms with Crippen LogP contribution in [0.5, 0.6) is 11.5 Å². The first-order chi connectivity index (χ1) is 11.7. The molecule has 0 aliphatic heterocycles. The zero-order valence-corrected chi connectivity index (χ0v) is 13.4. The Morgan fingerprint density at radius 3 is 2.71 bits per heavy atom. The summed E-state index contributed by atoms with van der Waals surface area (Å²) in [6, 6.07) is 14.5. The van der Waals surface area contributed by atoms with E-state index in [0.29, 0.717) is 28.8 Å². The van der Waals surface area contributed by atoms with Crippen LogP contribution in [0, 0.1) is 11.3 Å². The van der Waals surface area contributed by atoms with E-state index in [2.05, 4.69) is 10.2 Å². The summed E-state index contributed by atoms with van der Waals surface area (Å²) in [5, 5.41) is 17.2. The molecular formula is C17H12ClN3O3. The third kappa shape index (κ3) is 3.31. The molecule has 3 aromatic rings. The molecule has 6 nitrogen and oxygen atoms in total. The van der Waals surface area contributed by atoms with E-state index in [-0.39, 0.29) is 11.6 Å². The van der Waals surface area contributed by atoms with Gasteiger partial charge in [-0.05, 0) is 18.2 Å². The van der Waals surface area contributed by atoms with Gasteiger partial charge in [0.2, 0.25) is 5.89 Å². The normalized spacial score (nSPS) is 10.2. The molecule has 0 unspecified atom stereocenters. The molecule has 0 saturated carbocycles. The molecule has 0 spiro atoms. The molecule has 7 heteroatoms. The topological polar surface area (TPSA) is 81.2 Å². The Balaban J connectivity index is 1.77. The molecule has 0 saturated heterocycles. The van der Waals surface area contributed by atoms with Crippen molar-refractivity contribution in [3.8, 4) is 29.0 Å². The molecule has 1 heterocycles. The highest BCUT2D eigenvalue weighted by atomic mass is 35.5. The fourth-order valence-corrected chi connectivity index (χ4v) is 2.33. The first kappa shape index (κ1) is 15.8. The van der Waals surface area contributed by atoms with Crippen molar-refractivity contribution in [2.75, 3.05) is 7.11 Å². The fourth-order valence-electron chi connectivity index (χ4n) is 2.07. The Morgan fingerprint density at radius 1 is 1.21 bits per heavy atom. The van der Waals surface area contributed by atoms with Crippen LogP contribution in [-0.4, -0.2) is 17.3 Å². The van der Waals surface area contributed by atoms with Crippen molar-refractivity contribution < 1.29 is 13.9 Å². The summed E-state index contributed by atoms with van der Waals surface area (Å²) in [5.74, 6) is 1.39. The molecule has 0 radical (unpaired) electrons. The van der Waals surface area contributed by atoms with E-state index in [9.17, 15) is 0 Å². The SMILES string of the molecule is COc1cc(C#N)cc(Cl)c1OCc1nnc(-c2ccccc2)o1. The lowest BCUT2D eigenvalue weighted by molar-refractivity contribution is 0.251. The van der Waals surface area contributed by atoms with Crippen LogP contribution in [0.1, 0.15) is 11.5 Å². The number of nitrogens with zero attached hydrogens (tertiary/aromatic N) is 3. The molecule has 0 aliphatic carbocycles. The van der Waals surface area contributed by atoms with Crippen LogP contribution in [0.3, 0.4) is 0 Å². The van der Waals surface area contributed by atoms with Crippen molar-refractivity contribution in [3.05, 3.63) is 58.9 Å². The highest BCUT2D eigenvalue weighted by Gasteiger charge is 2.14. The first-order valence-corrected chi connectivity index (χ1v) is 7.37. The molecule has 120 valence electrons. The van der Waals surface area contributed by atoms with Gasteiger partial charge in [0.15, 0.2) is 18.1 Å². The number of hydrogen-bond acceptors (Lipinski definition) is 6. The maximum absolute atomic E-state index is 8.95. The Hall–Kier alpha value is -3.04. The third-order valence-corrected chi connectivity index (χ3v) is 3.47. The number of benzene rings is 2. The molecule has 3 rings (SSSR count). The van der Waals surface area contributed by atoms with Crippen molar-refractivity contribution in [1.82, 2.24) is 10.2 Å². The fraction of sp³-hybridized carbons (Fsp3) is 0.118. The average molecular weight is 342 g/mol. The molecule has 0 N–H and O–H groups in total. The summed E-state index contributed by atoms with van der Waals surface area (Å²) < 4.78 is 16.4. The van der Waals surface area contributed by atoms with Crippen LogP contribution in [0.2, 0.25) is 5.02 Å². The Bertz CT molecular complexity index is 888. The van der Waals surface area contributed by atoms with Crippen LogP contribution in [0.4, 0.5) is 0 Å². The monoisotopic (exact) mass is 341 g/mol. The number of halogens is 1. The number of nitriles is 1. The van der Waals surface area contributed by atoms with Crippen molar-refractivity contribution >= 4 is 11.6 Å². The second kappa shape index (κ2) is 7.02. The molecule has 2 aromatic carbocycles. The lowest BCUT2D eigenvalue weighted by Gasteiger charge is -2.11. The molecule has 0 aliphatic rings. The van der Waals surface area contributed by atoms with Gasteiger partial charge in [-0.2, -0.15) is 5.26 Å². The largest absolute Gasteiger partial charge is 0.493 e. The minimum absolute atomic E-state index is 0.0296. The average Bonchev–Trinajstić information content (AvgIpc) is 3.09. The number of aromatic nitrogens is 2. The number of ether oxygens (including phenoxy) is 2. The third-order valence-electron chi connectivity index (χ3n) is 3.19. The summed E-state index contributed by atoms with van der Waals surface area (Å²) in [7, 11) is 1.47. The molecule has 0 bridgehead atoms. The zero-order valence-electron chi connectivity index (χ0n) is 12.7. The van der Waals surface area contributed by atoms with Crippen LogP contribution in [-0.2, 0) is 6.61 Å². The number of methoxy groups -OCH3 is 1. The standard InChI is InChI=1S/C17H12ClN3O3/c1-22-14-8-11(9-19)7-13(18)16(14)23-10-15-20-21-17(24-15)12-5-3-2-4-6-12/h2-8H,10H2,1H3. The highest BCUT2D eigenvalue weighted by Crippen LogP contribution is 2.36. The van der Waals surface area contributed by atoms with Crippen molar-refractivity contribution in [3.63, 3.8) is 0 Å². The van der Waals surface area contributed by atoms with Gasteiger partial charge in [0.1, 0.15) is 0 Å². The van der Waals surface area contributed by atoms with E-state index in [1.165, 1.54) is 13.2 Å². The van der Waals surface area contributed by atoms with E-state index in [0.717, 1.165) is 5.56 Å². The van der Waals surface area contributed by atoms with Gasteiger partial charge < -0.3 is 13.9 Å². The molecule has 24 heavy (non-hydrogen) atoms. The van der Waals surface area contributed by atoms with E-state index >= 15 is 0 Å². The predicted molar refractivity (Wildman–Crippen MR) is 86.8 cm³/mol. The summed E-state index contributed by atoms with van der Waals surface area (Å²) in [6.07, 6.45) is 0. The van der Waals surface area contributed by atoms with Crippen LogP contribution < -0.4 is 9.47 Å². The summed E-state index contributed by atoms with van der Waals surface area (Å²) in [6.45, 7) is 0.0296. The lowest BCUT2D eigenvalue weighted by atomic mass is 10.2. The number of rotatable bonds is 5. The summed E-state index contributed by atoms with van der Waals surface area (Å²) in [4.78, 5) is 0. The van der Waals surface area contributed by atoms with Gasteiger partial charge in [-0.3, -0.25) is 0 Å². The maximum atomic E-state index is 8.95. The van der Waals surface area contributed by atoms with Gasteiger partial charge in [-0.25, -0.2) is 0 Å². The van der Waals surface area contributed by atoms with Crippen molar-refractivity contribution in [1.29, 1.82) is 5.26 Å². The Morgan fingerprint density at radius 2 is 2.00 bits per heavy atom. The minimum atomic E-state index is 0.0296. The summed E-state index contributed by atoms with van der Waals surface area (Å²) >= 11 is 6.14. The highest BCUT2D eigenvalue weighted by molar-refractivity contribution is 6.32. The van der Waals surface area contributed by atoms with Crippen LogP contribution in [0.15, 0.2) is 46.9 Å². The first-order valence-electron chi connectivity index (χ1n) is 6.99. The molecule has 0 fully saturated rings. The Labute approximate surface area is 143 Å². The van der Waals surface area contributed by atoms with Crippen LogP contribution >= 0.6 is 11.6 Å². The van der Waals surface area contributed by atoms with Gasteiger partial charge in [0, 0.05) is 11.6 Å². The van der Waals surface area contributed by atoms with E-state index in [4.69, 9.17) is 30.8 Å². The molecular weight excluding hydrogens is 330 g/mol. The second-order valence-electron chi connectivity index (χ2n) is 4.76. The van der Waals surface area contributed by atoms with Gasteiger partial charge >= 0.3 is 0 Å². The van der Waals surface area contributed by atoms with Crippen molar-refractivity contribution in [2.45, 2.75) is 6.61 Å². The van der Waals surface area contributed by atoms with Gasteiger partial charge in [-0.15, -0.1) is 10.2 Å². The van der Waals surface area contributed by atoms with Gasteiger partial charge in [-0.1, -0.05) is 29.8 Å². The predicted octanol–water partition coefficient (Wildman–Crippen LogP) is 3.85. The van der Waals surface area contributed by atoms with Crippen molar-refractivity contribution in [2.24, 2.45) is 0 Å². The number of hydrogen-bond donors (Lipinski definition) is 0. The van der Waals surface area contributed by atoms with E-state index in [1.807, 2.05) is 36.4 Å². The maximum Gasteiger partial charge on any atom is 0.254 e. The minimum Gasteiger partial charge on any atom is -0.493 e. The molecule has 1 aromatic heterocycles. The van der Waals surface area contributed by atoms with Crippen LogP contribution in [0.25, 0.3) is 11.5 Å². The Kier molecular flexibility index (Phi) is 4.64. The lowest BCUT2D eigenvalue weighted by Crippen LogP contribution is -1.99. The van der Waals surface area contributed by atoms with Gasteiger partial charge in [0.25, 0.3) is 5.89 Å². The van der Waals surface area contributed by atoms with E-state index in [1.54, 1.807) is 6.07 Å².